The Labute approximate surface area is 196 Å². The first kappa shape index (κ1) is 23.8. The second-order valence-corrected chi connectivity index (χ2v) is 7.86. The van der Waals surface area contributed by atoms with Crippen LogP contribution < -0.4 is 19.7 Å². The molecule has 0 unspecified atom stereocenters. The molecular weight excluding hydrogens is 442 g/mol. The van der Waals surface area contributed by atoms with Gasteiger partial charge in [-0.2, -0.15) is 0 Å². The van der Waals surface area contributed by atoms with E-state index in [0.29, 0.717) is 24.4 Å². The molecule has 1 amide bonds. The van der Waals surface area contributed by atoms with Crippen LogP contribution in [0.3, 0.4) is 0 Å². The number of thiazole rings is 1. The lowest BCUT2D eigenvalue weighted by Crippen LogP contribution is -2.29. The third-order valence-corrected chi connectivity index (χ3v) is 5.69. The number of carbonyl (C=O) groups is 2. The van der Waals surface area contributed by atoms with Crippen molar-refractivity contribution < 1.29 is 24.2 Å². The summed E-state index contributed by atoms with van der Waals surface area (Å²) in [6.07, 6.45) is 1.81. The molecule has 0 spiro atoms. The summed E-state index contributed by atoms with van der Waals surface area (Å²) in [6.45, 7) is 4.58. The average Bonchev–Trinajstić information content (AvgIpc) is 3.32. The van der Waals surface area contributed by atoms with Crippen molar-refractivity contribution in [3.05, 3.63) is 71.6 Å². The first-order chi connectivity index (χ1) is 15.9. The molecule has 9 heteroatoms. The van der Waals surface area contributed by atoms with Crippen molar-refractivity contribution in [3.63, 3.8) is 0 Å². The molecule has 2 aromatic carbocycles. The highest BCUT2D eigenvalue weighted by molar-refractivity contribution is 7.14. The van der Waals surface area contributed by atoms with E-state index in [1.165, 1.54) is 11.3 Å². The van der Waals surface area contributed by atoms with Gasteiger partial charge in [0, 0.05) is 29.6 Å². The fourth-order valence-corrected chi connectivity index (χ4v) is 3.99. The van der Waals surface area contributed by atoms with E-state index in [0.717, 1.165) is 27.7 Å². The van der Waals surface area contributed by atoms with Crippen molar-refractivity contribution in [2.24, 2.45) is 0 Å². The van der Waals surface area contributed by atoms with Gasteiger partial charge in [0.05, 0.1) is 19.9 Å². The van der Waals surface area contributed by atoms with Crippen molar-refractivity contribution >= 4 is 28.3 Å². The minimum absolute atomic E-state index is 0.400. The van der Waals surface area contributed by atoms with Gasteiger partial charge in [-0.1, -0.05) is 18.2 Å². The zero-order valence-electron chi connectivity index (χ0n) is 18.4. The van der Waals surface area contributed by atoms with Gasteiger partial charge < -0.3 is 24.8 Å². The molecule has 0 saturated carbocycles. The van der Waals surface area contributed by atoms with Crippen LogP contribution in [0.2, 0.25) is 0 Å². The van der Waals surface area contributed by atoms with Crippen LogP contribution in [-0.2, 0) is 11.3 Å². The number of carbonyl (C=O) groups excluding carboxylic acids is 1. The Morgan fingerprint density at radius 3 is 2.58 bits per heavy atom. The van der Waals surface area contributed by atoms with E-state index in [1.807, 2.05) is 35.7 Å². The molecule has 8 nitrogen and oxygen atoms in total. The van der Waals surface area contributed by atoms with Gasteiger partial charge in [-0.25, -0.2) is 4.98 Å². The summed E-state index contributed by atoms with van der Waals surface area (Å²) in [7, 11) is 3.24. The highest BCUT2D eigenvalue weighted by atomic mass is 32.1. The number of hydrogen-bond acceptors (Lipinski definition) is 7. The van der Waals surface area contributed by atoms with Crippen LogP contribution in [0.5, 0.6) is 11.5 Å². The van der Waals surface area contributed by atoms with Crippen molar-refractivity contribution in [1.82, 2.24) is 10.3 Å². The maximum Gasteiger partial charge on any atom is 0.322 e. The number of carboxylic acids is 1. The lowest BCUT2D eigenvalue weighted by Gasteiger charge is -2.20. The van der Waals surface area contributed by atoms with Crippen LogP contribution in [0.15, 0.2) is 60.5 Å². The number of aromatic nitrogens is 1. The number of hydrogen-bond donors (Lipinski definition) is 2. The van der Waals surface area contributed by atoms with Crippen LogP contribution in [0, 0.1) is 0 Å². The Kier molecular flexibility index (Phi) is 8.04. The molecule has 0 atom stereocenters. The summed E-state index contributed by atoms with van der Waals surface area (Å²) in [4.78, 5) is 29.5. The van der Waals surface area contributed by atoms with Gasteiger partial charge in [-0.15, -0.1) is 17.9 Å². The minimum atomic E-state index is -1.09. The molecule has 0 saturated heterocycles. The predicted molar refractivity (Wildman–Crippen MR) is 128 cm³/mol. The monoisotopic (exact) mass is 467 g/mol. The Morgan fingerprint density at radius 2 is 1.94 bits per heavy atom. The van der Waals surface area contributed by atoms with Gasteiger partial charge in [0.1, 0.15) is 18.0 Å². The van der Waals surface area contributed by atoms with Crippen LogP contribution in [0.1, 0.15) is 15.9 Å². The number of nitrogens with one attached hydrogen (secondary N) is 1. The number of ether oxygens (including phenoxy) is 2. The highest BCUT2D eigenvalue weighted by Gasteiger charge is 2.16. The molecule has 0 radical (unpaired) electrons. The number of methoxy groups -OCH3 is 2. The standard InChI is InChI=1S/C24H25N3O5S/c1-4-11-27(14-16-5-7-17(8-6-16)23(30)25-13-22(28)29)24-26-20(15-33-24)19-12-18(31-2)9-10-21(19)32-3/h4-10,12,15H,1,11,13-14H2,2-3H3,(H,25,30)(H,28,29). The molecule has 172 valence electrons. The summed E-state index contributed by atoms with van der Waals surface area (Å²) < 4.78 is 10.8. The second kappa shape index (κ2) is 11.1. The molecule has 3 rings (SSSR count). The Hall–Kier alpha value is -3.85. The van der Waals surface area contributed by atoms with Crippen molar-refractivity contribution in [2.75, 3.05) is 32.2 Å². The number of carboxylic acid groups (broad SMARTS) is 1. The smallest absolute Gasteiger partial charge is 0.322 e. The lowest BCUT2D eigenvalue weighted by molar-refractivity contribution is -0.135. The second-order valence-electron chi connectivity index (χ2n) is 7.02. The molecule has 3 aromatic rings. The van der Waals surface area contributed by atoms with E-state index in [4.69, 9.17) is 19.6 Å². The summed E-state index contributed by atoms with van der Waals surface area (Å²) >= 11 is 1.51. The molecule has 0 aliphatic carbocycles. The number of nitrogens with zero attached hydrogens (tertiary/aromatic N) is 2. The SMILES string of the molecule is C=CCN(Cc1ccc(C(=O)NCC(=O)O)cc1)c1nc(-c2cc(OC)ccc2OC)cs1. The highest BCUT2D eigenvalue weighted by Crippen LogP contribution is 2.36. The van der Waals surface area contributed by atoms with E-state index < -0.39 is 18.4 Å². The van der Waals surface area contributed by atoms with Gasteiger partial charge in [-0.05, 0) is 35.9 Å². The van der Waals surface area contributed by atoms with E-state index in [2.05, 4.69) is 16.8 Å². The fraction of sp³-hybridized carbons (Fsp3) is 0.208. The topological polar surface area (TPSA) is 101 Å². The van der Waals surface area contributed by atoms with Crippen LogP contribution in [-0.4, -0.2) is 49.3 Å². The molecule has 0 aliphatic heterocycles. The third kappa shape index (κ3) is 6.11. The maximum atomic E-state index is 12.0. The number of aliphatic carboxylic acids is 1. The average molecular weight is 468 g/mol. The first-order valence-corrected chi connectivity index (χ1v) is 11.0. The van der Waals surface area contributed by atoms with Crippen LogP contribution in [0.4, 0.5) is 5.13 Å². The normalized spacial score (nSPS) is 10.4. The van der Waals surface area contributed by atoms with E-state index in [1.54, 1.807) is 32.4 Å². The van der Waals surface area contributed by atoms with Crippen molar-refractivity contribution in [1.29, 1.82) is 0 Å². The summed E-state index contributed by atoms with van der Waals surface area (Å²) in [5.41, 5.74) is 3.00. The predicted octanol–water partition coefficient (Wildman–Crippen LogP) is 3.83. The van der Waals surface area contributed by atoms with Gasteiger partial charge in [0.15, 0.2) is 5.13 Å². The molecule has 0 fully saturated rings. The largest absolute Gasteiger partial charge is 0.497 e. The first-order valence-electron chi connectivity index (χ1n) is 10.1. The molecule has 0 aliphatic rings. The van der Waals surface area contributed by atoms with Crippen LogP contribution in [0.25, 0.3) is 11.3 Å². The van der Waals surface area contributed by atoms with E-state index in [9.17, 15) is 9.59 Å². The number of amides is 1. The molecule has 33 heavy (non-hydrogen) atoms. The van der Waals surface area contributed by atoms with Gasteiger partial charge in [0.2, 0.25) is 0 Å². The summed E-state index contributed by atoms with van der Waals surface area (Å²) in [5, 5.41) is 13.8. The Balaban J connectivity index is 1.78. The molecular formula is C24H25N3O5S. The molecule has 2 N–H and O–H groups in total. The number of benzene rings is 2. The molecule has 1 heterocycles. The van der Waals surface area contributed by atoms with Gasteiger partial charge in [0.25, 0.3) is 5.91 Å². The van der Waals surface area contributed by atoms with E-state index in [-0.39, 0.29) is 0 Å². The zero-order chi connectivity index (χ0) is 23.8. The van der Waals surface area contributed by atoms with E-state index >= 15 is 0 Å². The Bertz CT molecular complexity index is 1130. The van der Waals surface area contributed by atoms with Crippen LogP contribution >= 0.6 is 11.3 Å². The third-order valence-electron chi connectivity index (χ3n) is 4.78. The lowest BCUT2D eigenvalue weighted by atomic mass is 10.1. The molecule has 0 bridgehead atoms. The quantitative estimate of drug-likeness (QED) is 0.413. The number of anilines is 1. The summed E-state index contributed by atoms with van der Waals surface area (Å²) in [5.74, 6) is -0.0893. The number of rotatable bonds is 11. The van der Waals surface area contributed by atoms with Gasteiger partial charge >= 0.3 is 5.97 Å². The maximum absolute atomic E-state index is 12.0. The van der Waals surface area contributed by atoms with Gasteiger partial charge in [-0.3, -0.25) is 9.59 Å². The van der Waals surface area contributed by atoms with Crippen molar-refractivity contribution in [3.8, 4) is 22.8 Å². The zero-order valence-corrected chi connectivity index (χ0v) is 19.2. The minimum Gasteiger partial charge on any atom is -0.497 e. The van der Waals surface area contributed by atoms with Crippen molar-refractivity contribution in [2.45, 2.75) is 6.54 Å². The fourth-order valence-electron chi connectivity index (χ4n) is 3.15. The summed E-state index contributed by atoms with van der Waals surface area (Å²) in [6, 6.07) is 12.6. The Morgan fingerprint density at radius 1 is 1.18 bits per heavy atom. The molecule has 1 aromatic heterocycles.